The number of aliphatic imine (C=N–C) groups is 1. The van der Waals surface area contributed by atoms with Gasteiger partial charge in [-0.05, 0) is 24.8 Å². The number of fused-ring (bicyclic) bond motifs is 1. The summed E-state index contributed by atoms with van der Waals surface area (Å²) in [7, 11) is 0. The Morgan fingerprint density at radius 1 is 1.39 bits per heavy atom. The predicted octanol–water partition coefficient (Wildman–Crippen LogP) is 3.18. The first kappa shape index (κ1) is 14.9. The maximum absolute atomic E-state index is 12.7. The smallest absolute Gasteiger partial charge is 0.278 e. The van der Waals surface area contributed by atoms with Crippen molar-refractivity contribution in [3.8, 4) is 11.3 Å². The molecule has 0 aliphatic rings. The molecule has 2 heterocycles. The summed E-state index contributed by atoms with van der Waals surface area (Å²) in [4.78, 5) is 25.3. The Hall–Kier alpha value is -3.02. The van der Waals surface area contributed by atoms with Crippen molar-refractivity contribution in [3.63, 3.8) is 0 Å². The van der Waals surface area contributed by atoms with Gasteiger partial charge in [-0.15, -0.1) is 0 Å². The van der Waals surface area contributed by atoms with Crippen LogP contribution in [-0.4, -0.2) is 26.3 Å². The molecule has 0 amide bonds. The molecule has 3 rings (SSSR count). The first-order chi connectivity index (χ1) is 11.1. The van der Waals surface area contributed by atoms with Gasteiger partial charge in [0.05, 0.1) is 11.4 Å². The second-order valence-electron chi connectivity index (χ2n) is 5.49. The van der Waals surface area contributed by atoms with Gasteiger partial charge in [-0.3, -0.25) is 14.9 Å². The van der Waals surface area contributed by atoms with Crippen LogP contribution in [0, 0.1) is 0 Å². The van der Waals surface area contributed by atoms with Gasteiger partial charge in [-0.1, -0.05) is 32.6 Å². The predicted molar refractivity (Wildman–Crippen MR) is 92.4 cm³/mol. The van der Waals surface area contributed by atoms with Crippen molar-refractivity contribution in [3.05, 3.63) is 52.6 Å². The molecule has 1 aromatic carbocycles. The summed E-state index contributed by atoms with van der Waals surface area (Å²) in [6, 6.07) is 5.64. The quantitative estimate of drug-likeness (QED) is 0.752. The van der Waals surface area contributed by atoms with E-state index >= 15 is 0 Å². The minimum absolute atomic E-state index is 0.0228. The molecule has 0 aliphatic heterocycles. The molecule has 3 aromatic rings. The number of aromatic amines is 1. The molecule has 6 nitrogen and oxygen atoms in total. The monoisotopic (exact) mass is 307 g/mol. The van der Waals surface area contributed by atoms with E-state index in [1.54, 1.807) is 6.08 Å². The Labute approximate surface area is 133 Å². The molecule has 0 atom stereocenters. The summed E-state index contributed by atoms with van der Waals surface area (Å²) in [5, 5.41) is 2.79. The molecule has 23 heavy (non-hydrogen) atoms. The van der Waals surface area contributed by atoms with Gasteiger partial charge in [0.15, 0.2) is 0 Å². The molecule has 2 aromatic heterocycles. The number of nitrogens with zero attached hydrogens (tertiary/aromatic N) is 4. The molecule has 0 radical (unpaired) electrons. The number of benzene rings is 1. The number of nitrogens with one attached hydrogen (secondary N) is 1. The molecule has 0 unspecified atom stereocenters. The highest BCUT2D eigenvalue weighted by Crippen LogP contribution is 2.30. The van der Waals surface area contributed by atoms with Crippen LogP contribution in [0.25, 0.3) is 23.1 Å². The number of hydrogen-bond donors (Lipinski definition) is 1. The zero-order valence-corrected chi connectivity index (χ0v) is 13.1. The average Bonchev–Trinajstić information content (AvgIpc) is 3.02. The molecule has 0 fully saturated rings. The second kappa shape index (κ2) is 5.64. The third-order valence-electron chi connectivity index (χ3n) is 3.74. The maximum atomic E-state index is 12.7. The Morgan fingerprint density at radius 3 is 2.83 bits per heavy atom. The lowest BCUT2D eigenvalue weighted by Crippen LogP contribution is -2.22. The lowest BCUT2D eigenvalue weighted by Gasteiger charge is -2.12. The van der Waals surface area contributed by atoms with E-state index < -0.39 is 0 Å². The van der Waals surface area contributed by atoms with E-state index in [0.717, 1.165) is 16.8 Å². The average molecular weight is 307 g/mol. The van der Waals surface area contributed by atoms with E-state index in [2.05, 4.69) is 33.4 Å². The van der Waals surface area contributed by atoms with Crippen molar-refractivity contribution in [2.45, 2.75) is 19.8 Å². The fourth-order valence-corrected chi connectivity index (χ4v) is 2.62. The summed E-state index contributed by atoms with van der Waals surface area (Å²) >= 11 is 0. The zero-order chi connectivity index (χ0) is 16.6. The van der Waals surface area contributed by atoms with Crippen molar-refractivity contribution in [1.29, 1.82) is 0 Å². The third kappa shape index (κ3) is 2.38. The van der Waals surface area contributed by atoms with Crippen LogP contribution in [-0.2, 0) is 0 Å². The molecule has 0 bridgehead atoms. The highest BCUT2D eigenvalue weighted by molar-refractivity contribution is 5.74. The molecule has 6 heteroatoms. The van der Waals surface area contributed by atoms with E-state index in [-0.39, 0.29) is 11.5 Å². The Bertz CT molecular complexity index is 965. The van der Waals surface area contributed by atoms with Crippen LogP contribution in [0.15, 0.2) is 40.9 Å². The Morgan fingerprint density at radius 2 is 2.17 bits per heavy atom. The fourth-order valence-electron chi connectivity index (χ4n) is 2.62. The van der Waals surface area contributed by atoms with Crippen LogP contribution in [0.4, 0.5) is 5.69 Å². The second-order valence-corrected chi connectivity index (χ2v) is 5.49. The molecular formula is C17H17N5O. The van der Waals surface area contributed by atoms with Gasteiger partial charge in [0, 0.05) is 16.7 Å². The Kier molecular flexibility index (Phi) is 3.65. The van der Waals surface area contributed by atoms with Crippen LogP contribution < -0.4 is 5.56 Å². The number of H-pyrrole nitrogens is 1. The normalized spacial score (nSPS) is 11.1. The van der Waals surface area contributed by atoms with Crippen molar-refractivity contribution in [1.82, 2.24) is 19.6 Å². The van der Waals surface area contributed by atoms with E-state index in [4.69, 9.17) is 0 Å². The standard InChI is InChI=1S/C17H17N5O/c1-5-11-8-12(6-7-13(11)18-4)15-14(10(2)3)16(23)22-17(21-15)19-9-20-22/h5-10H,1,4H2,2-3H3,(H,19,20,21). The zero-order valence-electron chi connectivity index (χ0n) is 13.1. The van der Waals surface area contributed by atoms with Crippen molar-refractivity contribution >= 4 is 24.3 Å². The van der Waals surface area contributed by atoms with Crippen molar-refractivity contribution in [2.24, 2.45) is 4.99 Å². The summed E-state index contributed by atoms with van der Waals surface area (Å²) < 4.78 is 1.35. The van der Waals surface area contributed by atoms with Crippen LogP contribution in [0.3, 0.4) is 0 Å². The Balaban J connectivity index is 2.35. The number of hydrogen-bond acceptors (Lipinski definition) is 4. The van der Waals surface area contributed by atoms with Gasteiger partial charge in [-0.2, -0.15) is 4.52 Å². The topological polar surface area (TPSA) is 75.4 Å². The van der Waals surface area contributed by atoms with Gasteiger partial charge in [0.1, 0.15) is 6.33 Å². The summed E-state index contributed by atoms with van der Waals surface area (Å²) in [5.41, 5.74) is 3.56. The summed E-state index contributed by atoms with van der Waals surface area (Å²) in [5.74, 6) is 0.370. The lowest BCUT2D eigenvalue weighted by atomic mass is 9.97. The molecule has 0 spiro atoms. The van der Waals surface area contributed by atoms with Gasteiger partial charge in [-0.25, -0.2) is 9.97 Å². The van der Waals surface area contributed by atoms with Crippen LogP contribution in [0.5, 0.6) is 0 Å². The van der Waals surface area contributed by atoms with Gasteiger partial charge >= 0.3 is 0 Å². The van der Waals surface area contributed by atoms with Crippen LogP contribution >= 0.6 is 0 Å². The summed E-state index contributed by atoms with van der Waals surface area (Å²) in [6.45, 7) is 11.3. The van der Waals surface area contributed by atoms with E-state index in [1.807, 2.05) is 32.0 Å². The minimum atomic E-state index is -0.136. The van der Waals surface area contributed by atoms with Crippen molar-refractivity contribution in [2.75, 3.05) is 0 Å². The van der Waals surface area contributed by atoms with E-state index in [9.17, 15) is 4.79 Å². The molecule has 116 valence electrons. The maximum Gasteiger partial charge on any atom is 0.278 e. The SMILES string of the molecule is C=Cc1cc(-c2nc3nc[nH]n3c(=O)c2C(C)C)ccc1N=C. The first-order valence-corrected chi connectivity index (χ1v) is 7.26. The molecule has 0 saturated heterocycles. The molecule has 1 N–H and O–H groups in total. The van der Waals surface area contributed by atoms with E-state index in [0.29, 0.717) is 17.0 Å². The van der Waals surface area contributed by atoms with E-state index in [1.165, 1.54) is 10.8 Å². The molecular weight excluding hydrogens is 290 g/mol. The number of rotatable bonds is 4. The van der Waals surface area contributed by atoms with Gasteiger partial charge in [0.25, 0.3) is 11.3 Å². The first-order valence-electron chi connectivity index (χ1n) is 7.26. The van der Waals surface area contributed by atoms with Crippen molar-refractivity contribution < 1.29 is 0 Å². The summed E-state index contributed by atoms with van der Waals surface area (Å²) in [6.07, 6.45) is 3.17. The van der Waals surface area contributed by atoms with Gasteiger partial charge in [0.2, 0.25) is 0 Å². The molecule has 0 aliphatic carbocycles. The minimum Gasteiger partial charge on any atom is -0.278 e. The lowest BCUT2D eigenvalue weighted by molar-refractivity contribution is 0.797. The third-order valence-corrected chi connectivity index (χ3v) is 3.74. The largest absolute Gasteiger partial charge is 0.278 e. The van der Waals surface area contributed by atoms with Crippen LogP contribution in [0.1, 0.15) is 30.9 Å². The highest BCUT2D eigenvalue weighted by Gasteiger charge is 2.18. The number of aromatic nitrogens is 4. The van der Waals surface area contributed by atoms with Gasteiger partial charge < -0.3 is 0 Å². The van der Waals surface area contributed by atoms with Crippen LogP contribution in [0.2, 0.25) is 0 Å². The molecule has 0 saturated carbocycles. The highest BCUT2D eigenvalue weighted by atomic mass is 16.1. The fraction of sp³-hybridized carbons (Fsp3) is 0.176.